The van der Waals surface area contributed by atoms with Crippen LogP contribution in [0.2, 0.25) is 0 Å². The number of nitrogens with one attached hydrogen (secondary N) is 1. The summed E-state index contributed by atoms with van der Waals surface area (Å²) in [5.74, 6) is 1.95. The normalized spacial score (nSPS) is 27.1. The van der Waals surface area contributed by atoms with E-state index >= 15 is 0 Å². The fourth-order valence-corrected chi connectivity index (χ4v) is 3.67. The van der Waals surface area contributed by atoms with E-state index in [2.05, 4.69) is 10.2 Å². The molecule has 5 nitrogen and oxygen atoms in total. The highest BCUT2D eigenvalue weighted by Gasteiger charge is 2.41. The maximum Gasteiger partial charge on any atom is 0.238 e. The average Bonchev–Trinajstić information content (AvgIpc) is 3.01. The minimum absolute atomic E-state index is 0. The van der Waals surface area contributed by atoms with Crippen molar-refractivity contribution < 1.29 is 9.53 Å². The van der Waals surface area contributed by atoms with E-state index in [-0.39, 0.29) is 18.3 Å². The van der Waals surface area contributed by atoms with Crippen molar-refractivity contribution in [2.24, 2.45) is 17.6 Å². The molecule has 3 atom stereocenters. The molecular weight excluding hydrogens is 302 g/mol. The number of rotatable bonds is 4. The van der Waals surface area contributed by atoms with E-state index in [0.29, 0.717) is 30.2 Å². The second-order valence-electron chi connectivity index (χ2n) is 6.11. The standard InChI is InChI=1S/C16H23N3O2.ClH/c1-21-15-5-3-2-4-14(15)18-16(20)10-19-8-11-6-7-13(17)12(11)9-19;/h2-5,11-13H,6-10,17H2,1H3,(H,18,20);1H. The lowest BCUT2D eigenvalue weighted by atomic mass is 9.98. The van der Waals surface area contributed by atoms with Crippen LogP contribution in [0.3, 0.4) is 0 Å². The molecule has 3 unspecified atom stereocenters. The summed E-state index contributed by atoms with van der Waals surface area (Å²) in [7, 11) is 1.61. The fraction of sp³-hybridized carbons (Fsp3) is 0.562. The van der Waals surface area contributed by atoms with Gasteiger partial charge in [-0.1, -0.05) is 12.1 Å². The van der Waals surface area contributed by atoms with Gasteiger partial charge in [-0.15, -0.1) is 12.4 Å². The van der Waals surface area contributed by atoms with Gasteiger partial charge < -0.3 is 15.8 Å². The molecule has 1 aliphatic heterocycles. The molecule has 1 aromatic rings. The minimum atomic E-state index is 0. The number of hydrogen-bond acceptors (Lipinski definition) is 4. The summed E-state index contributed by atoms with van der Waals surface area (Å²) in [4.78, 5) is 14.4. The Bertz CT molecular complexity index is 526. The number of nitrogens with zero attached hydrogens (tertiary/aromatic N) is 1. The van der Waals surface area contributed by atoms with E-state index in [9.17, 15) is 4.79 Å². The number of fused-ring (bicyclic) bond motifs is 1. The van der Waals surface area contributed by atoms with Crippen LogP contribution in [0, 0.1) is 11.8 Å². The van der Waals surface area contributed by atoms with E-state index in [1.807, 2.05) is 24.3 Å². The summed E-state index contributed by atoms with van der Waals surface area (Å²) in [6.45, 7) is 2.38. The first-order valence-corrected chi connectivity index (χ1v) is 7.58. The number of methoxy groups -OCH3 is 1. The zero-order valence-corrected chi connectivity index (χ0v) is 13.6. The predicted octanol–water partition coefficient (Wildman–Crippen LogP) is 1.72. The van der Waals surface area contributed by atoms with Gasteiger partial charge in [0.05, 0.1) is 19.3 Å². The van der Waals surface area contributed by atoms with Gasteiger partial charge in [0.25, 0.3) is 0 Å². The summed E-state index contributed by atoms with van der Waals surface area (Å²) in [5.41, 5.74) is 6.85. The van der Waals surface area contributed by atoms with Gasteiger partial charge in [0.1, 0.15) is 5.75 Å². The Morgan fingerprint density at radius 1 is 1.36 bits per heavy atom. The summed E-state index contributed by atoms with van der Waals surface area (Å²) >= 11 is 0. The lowest BCUT2D eigenvalue weighted by Gasteiger charge is -2.18. The van der Waals surface area contributed by atoms with Gasteiger partial charge in [-0.05, 0) is 36.8 Å². The number of nitrogens with two attached hydrogens (primary N) is 1. The number of likely N-dealkylation sites (tertiary alicyclic amines) is 1. The average molecular weight is 326 g/mol. The molecular formula is C16H24ClN3O2. The van der Waals surface area contributed by atoms with Gasteiger partial charge >= 0.3 is 0 Å². The fourth-order valence-electron chi connectivity index (χ4n) is 3.67. The predicted molar refractivity (Wildman–Crippen MR) is 89.5 cm³/mol. The molecule has 1 aliphatic carbocycles. The molecule has 1 saturated heterocycles. The van der Waals surface area contributed by atoms with Crippen molar-refractivity contribution in [1.29, 1.82) is 0 Å². The molecule has 6 heteroatoms. The molecule has 1 amide bonds. The zero-order chi connectivity index (χ0) is 14.8. The molecule has 1 aromatic carbocycles. The Hall–Kier alpha value is -1.30. The number of amides is 1. The van der Waals surface area contributed by atoms with E-state index in [1.165, 1.54) is 6.42 Å². The molecule has 3 N–H and O–H groups in total. The van der Waals surface area contributed by atoms with E-state index < -0.39 is 0 Å². The molecule has 1 heterocycles. The van der Waals surface area contributed by atoms with E-state index in [1.54, 1.807) is 7.11 Å². The Morgan fingerprint density at radius 3 is 2.86 bits per heavy atom. The molecule has 22 heavy (non-hydrogen) atoms. The number of anilines is 1. The van der Waals surface area contributed by atoms with Gasteiger partial charge in [-0.2, -0.15) is 0 Å². The van der Waals surface area contributed by atoms with Crippen LogP contribution >= 0.6 is 12.4 Å². The SMILES string of the molecule is COc1ccccc1NC(=O)CN1CC2CCC(N)C2C1.Cl. The summed E-state index contributed by atoms with van der Waals surface area (Å²) in [5, 5.41) is 2.93. The first kappa shape index (κ1) is 17.1. The largest absolute Gasteiger partial charge is 0.495 e. The van der Waals surface area contributed by atoms with Crippen LogP contribution in [0.15, 0.2) is 24.3 Å². The van der Waals surface area contributed by atoms with Crippen molar-refractivity contribution in [2.45, 2.75) is 18.9 Å². The van der Waals surface area contributed by atoms with Crippen molar-refractivity contribution in [2.75, 3.05) is 32.1 Å². The third-order valence-electron chi connectivity index (χ3n) is 4.74. The van der Waals surface area contributed by atoms with Gasteiger partial charge in [0, 0.05) is 19.1 Å². The highest BCUT2D eigenvalue weighted by atomic mass is 35.5. The number of benzene rings is 1. The van der Waals surface area contributed by atoms with Crippen molar-refractivity contribution in [3.8, 4) is 5.75 Å². The second kappa shape index (κ2) is 7.31. The highest BCUT2D eigenvalue weighted by Crippen LogP contribution is 2.36. The highest BCUT2D eigenvalue weighted by molar-refractivity contribution is 5.93. The molecule has 2 aliphatic rings. The molecule has 122 valence electrons. The first-order valence-electron chi connectivity index (χ1n) is 7.58. The maximum absolute atomic E-state index is 12.2. The van der Waals surface area contributed by atoms with Crippen LogP contribution < -0.4 is 15.8 Å². The zero-order valence-electron chi connectivity index (χ0n) is 12.8. The Balaban J connectivity index is 0.00000176. The molecule has 0 aromatic heterocycles. The second-order valence-corrected chi connectivity index (χ2v) is 6.11. The molecule has 0 radical (unpaired) electrons. The van der Waals surface area contributed by atoms with Crippen LogP contribution in [-0.4, -0.2) is 43.6 Å². The monoisotopic (exact) mass is 325 g/mol. The summed E-state index contributed by atoms with van der Waals surface area (Å²) < 4.78 is 5.25. The third-order valence-corrected chi connectivity index (χ3v) is 4.74. The Morgan fingerprint density at radius 2 is 2.14 bits per heavy atom. The number of para-hydroxylation sites is 2. The van der Waals surface area contributed by atoms with Crippen molar-refractivity contribution >= 4 is 24.0 Å². The summed E-state index contributed by atoms with van der Waals surface area (Å²) in [6.07, 6.45) is 2.34. The van der Waals surface area contributed by atoms with Crippen LogP contribution in [0.5, 0.6) is 5.75 Å². The number of carbonyl (C=O) groups is 1. The van der Waals surface area contributed by atoms with Gasteiger partial charge in [-0.3, -0.25) is 9.69 Å². The number of ether oxygens (including phenoxy) is 1. The topological polar surface area (TPSA) is 67.6 Å². The van der Waals surface area contributed by atoms with Crippen LogP contribution in [-0.2, 0) is 4.79 Å². The molecule has 0 bridgehead atoms. The lowest BCUT2D eigenvalue weighted by Crippen LogP contribution is -2.34. The maximum atomic E-state index is 12.2. The van der Waals surface area contributed by atoms with Gasteiger partial charge in [0.2, 0.25) is 5.91 Å². The van der Waals surface area contributed by atoms with Crippen LogP contribution in [0.25, 0.3) is 0 Å². The molecule has 0 spiro atoms. The number of hydrogen-bond donors (Lipinski definition) is 2. The van der Waals surface area contributed by atoms with Crippen molar-refractivity contribution in [3.05, 3.63) is 24.3 Å². The van der Waals surface area contributed by atoms with Crippen molar-refractivity contribution in [1.82, 2.24) is 4.90 Å². The first-order chi connectivity index (χ1) is 10.2. The number of halogens is 1. The summed E-state index contributed by atoms with van der Waals surface area (Å²) in [6, 6.07) is 7.78. The minimum Gasteiger partial charge on any atom is -0.495 e. The van der Waals surface area contributed by atoms with Crippen molar-refractivity contribution in [3.63, 3.8) is 0 Å². The Kier molecular flexibility index (Phi) is 5.67. The van der Waals surface area contributed by atoms with E-state index in [0.717, 1.165) is 25.2 Å². The molecule has 2 fully saturated rings. The third kappa shape index (κ3) is 3.54. The molecule has 1 saturated carbocycles. The van der Waals surface area contributed by atoms with Crippen LogP contribution in [0.1, 0.15) is 12.8 Å². The quantitative estimate of drug-likeness (QED) is 0.884. The van der Waals surface area contributed by atoms with Gasteiger partial charge in [0.15, 0.2) is 0 Å². The smallest absolute Gasteiger partial charge is 0.238 e. The molecule has 3 rings (SSSR count). The lowest BCUT2D eigenvalue weighted by molar-refractivity contribution is -0.117. The van der Waals surface area contributed by atoms with Gasteiger partial charge in [-0.25, -0.2) is 0 Å². The van der Waals surface area contributed by atoms with Crippen LogP contribution in [0.4, 0.5) is 5.69 Å². The Labute approximate surface area is 137 Å². The van der Waals surface area contributed by atoms with E-state index in [4.69, 9.17) is 10.5 Å². The number of carbonyl (C=O) groups excluding carboxylic acids is 1.